The lowest BCUT2D eigenvalue weighted by Crippen LogP contribution is -2.49. The van der Waals surface area contributed by atoms with Gasteiger partial charge in [-0.3, -0.25) is 0 Å². The molecule has 0 aliphatic carbocycles. The molecule has 0 fully saturated rings. The minimum Gasteiger partial charge on any atom is -0.0761 e. The summed E-state index contributed by atoms with van der Waals surface area (Å²) in [7, 11) is 1.27. The molecule has 62 valence electrons. The van der Waals surface area contributed by atoms with Gasteiger partial charge in [-0.2, -0.15) is 0 Å². The van der Waals surface area contributed by atoms with Crippen LogP contribution in [-0.4, -0.2) is 25.2 Å². The first-order valence-electron chi connectivity index (χ1n) is 4.16. The zero-order valence-corrected chi connectivity index (χ0v) is 10.9. The smallest absolute Gasteiger partial charge is 0.0651 e. The van der Waals surface area contributed by atoms with E-state index in [-0.39, 0.29) is 0 Å². The van der Waals surface area contributed by atoms with E-state index in [1.807, 2.05) is 0 Å². The van der Waals surface area contributed by atoms with E-state index in [1.54, 1.807) is 5.19 Å². The third-order valence-electron chi connectivity index (χ3n) is 1.93. The summed E-state index contributed by atoms with van der Waals surface area (Å²) < 4.78 is 0. The van der Waals surface area contributed by atoms with Crippen molar-refractivity contribution in [1.29, 1.82) is 0 Å². The van der Waals surface area contributed by atoms with E-state index in [9.17, 15) is 0 Å². The number of hydrogen-bond acceptors (Lipinski definition) is 0. The van der Waals surface area contributed by atoms with Crippen LogP contribution in [0.15, 0.2) is 30.3 Å². The molecule has 0 aromatic heterocycles. The molecule has 3 heteroatoms. The molecule has 0 spiro atoms. The Morgan fingerprint density at radius 1 is 1.08 bits per heavy atom. The summed E-state index contributed by atoms with van der Waals surface area (Å²) >= 11 is 0. The molecule has 0 aliphatic heterocycles. The Morgan fingerprint density at radius 2 is 1.67 bits per heavy atom. The van der Waals surface area contributed by atoms with Crippen LogP contribution >= 0.6 is 0 Å². The van der Waals surface area contributed by atoms with Crippen molar-refractivity contribution >= 4 is 30.4 Å². The quantitative estimate of drug-likeness (QED) is 0.657. The van der Waals surface area contributed by atoms with Gasteiger partial charge in [0.2, 0.25) is 0 Å². The molecular formula is C9H14Si3. The lowest BCUT2D eigenvalue weighted by Gasteiger charge is -2.21. The van der Waals surface area contributed by atoms with Crippen LogP contribution in [0.5, 0.6) is 0 Å². The fourth-order valence-electron chi connectivity index (χ4n) is 1.24. The molecule has 0 atom stereocenters. The Kier molecular flexibility index (Phi) is 3.49. The molecule has 0 aliphatic rings. The molecule has 4 radical (unpaired) electrons. The standard InChI is InChI=1S/C9H14Si3/c1-10-11-12(2,3)9-7-5-4-6-8-9/h4-8H,1-3H3. The van der Waals surface area contributed by atoms with Crippen LogP contribution in [-0.2, 0) is 0 Å². The van der Waals surface area contributed by atoms with Gasteiger partial charge in [0.1, 0.15) is 0 Å². The maximum atomic E-state index is 2.47. The van der Waals surface area contributed by atoms with Crippen molar-refractivity contribution in [2.24, 2.45) is 0 Å². The molecule has 0 unspecified atom stereocenters. The molecule has 0 heterocycles. The highest BCUT2D eigenvalue weighted by Gasteiger charge is 2.21. The second kappa shape index (κ2) is 4.20. The van der Waals surface area contributed by atoms with Crippen molar-refractivity contribution in [1.82, 2.24) is 0 Å². The van der Waals surface area contributed by atoms with Crippen molar-refractivity contribution in [3.63, 3.8) is 0 Å². The average Bonchev–Trinajstić information content (AvgIpc) is 2.06. The number of rotatable bonds is 3. The van der Waals surface area contributed by atoms with Gasteiger partial charge in [-0.15, -0.1) is 0 Å². The van der Waals surface area contributed by atoms with Crippen molar-refractivity contribution < 1.29 is 0 Å². The molecule has 0 saturated carbocycles. The maximum Gasteiger partial charge on any atom is 0.0651 e. The SMILES string of the molecule is C[Si][Si][Si](C)(C)c1ccccc1. The first-order chi connectivity index (χ1) is 5.67. The lowest BCUT2D eigenvalue weighted by molar-refractivity contribution is 1.73. The summed E-state index contributed by atoms with van der Waals surface area (Å²) in [4.78, 5) is 0. The topological polar surface area (TPSA) is 0 Å². The predicted octanol–water partition coefficient (Wildman–Crippen LogP) is 1.47. The normalized spacial score (nSPS) is 11.6. The van der Waals surface area contributed by atoms with Gasteiger partial charge in [0.25, 0.3) is 0 Å². The van der Waals surface area contributed by atoms with Crippen molar-refractivity contribution in [2.75, 3.05) is 0 Å². The van der Waals surface area contributed by atoms with Crippen molar-refractivity contribution in [3.05, 3.63) is 30.3 Å². The van der Waals surface area contributed by atoms with E-state index in [0.29, 0.717) is 0 Å². The van der Waals surface area contributed by atoms with E-state index >= 15 is 0 Å². The van der Waals surface area contributed by atoms with Gasteiger partial charge in [0.15, 0.2) is 0 Å². The molecule has 1 aromatic rings. The van der Waals surface area contributed by atoms with Crippen LogP contribution in [0.1, 0.15) is 0 Å². The van der Waals surface area contributed by atoms with Crippen LogP contribution in [0.2, 0.25) is 19.6 Å². The minimum atomic E-state index is -1.04. The van der Waals surface area contributed by atoms with Gasteiger partial charge in [-0.25, -0.2) is 0 Å². The second-order valence-electron chi connectivity index (χ2n) is 3.37. The first kappa shape index (κ1) is 9.95. The van der Waals surface area contributed by atoms with Crippen LogP contribution in [0.4, 0.5) is 0 Å². The van der Waals surface area contributed by atoms with E-state index in [1.165, 1.54) is 8.55 Å². The van der Waals surface area contributed by atoms with Gasteiger partial charge < -0.3 is 0 Å². The summed E-state index contributed by atoms with van der Waals surface area (Å²) in [6.07, 6.45) is 0. The zero-order chi connectivity index (χ0) is 9.03. The number of benzene rings is 1. The Morgan fingerprint density at radius 3 is 2.17 bits per heavy atom. The third-order valence-corrected chi connectivity index (χ3v) is 16.0. The largest absolute Gasteiger partial charge is 0.0761 e. The van der Waals surface area contributed by atoms with E-state index in [0.717, 1.165) is 9.04 Å². The van der Waals surface area contributed by atoms with Crippen LogP contribution < -0.4 is 5.19 Å². The highest BCUT2D eigenvalue weighted by atomic mass is 29.6. The predicted molar refractivity (Wildman–Crippen MR) is 60.9 cm³/mol. The Hall–Kier alpha value is -0.129. The second-order valence-corrected chi connectivity index (χ2v) is 16.2. The number of hydrogen-bond donors (Lipinski definition) is 0. The maximum absolute atomic E-state index is 2.47. The summed E-state index contributed by atoms with van der Waals surface area (Å²) in [6, 6.07) is 11.0. The monoisotopic (exact) mass is 206 g/mol. The molecule has 12 heavy (non-hydrogen) atoms. The van der Waals surface area contributed by atoms with Crippen molar-refractivity contribution in [3.8, 4) is 0 Å². The lowest BCUT2D eigenvalue weighted by atomic mass is 10.4. The molecule has 0 saturated heterocycles. The van der Waals surface area contributed by atoms with Crippen LogP contribution in [0, 0.1) is 0 Å². The van der Waals surface area contributed by atoms with Gasteiger partial charge in [-0.1, -0.05) is 55.2 Å². The average molecular weight is 206 g/mol. The summed E-state index contributed by atoms with van der Waals surface area (Å²) in [5.41, 5.74) is 0. The fourth-order valence-corrected chi connectivity index (χ4v) is 12.8. The van der Waals surface area contributed by atoms with E-state index in [2.05, 4.69) is 50.0 Å². The minimum absolute atomic E-state index is 1.04. The third kappa shape index (κ3) is 2.43. The summed E-state index contributed by atoms with van der Waals surface area (Å²) in [5, 5.41) is 1.61. The molecule has 0 nitrogen and oxygen atoms in total. The van der Waals surface area contributed by atoms with Gasteiger partial charge >= 0.3 is 0 Å². The highest BCUT2D eigenvalue weighted by molar-refractivity contribution is 7.46. The Balaban J connectivity index is 2.82. The molecule has 1 aromatic carbocycles. The van der Waals surface area contributed by atoms with E-state index < -0.39 is 7.59 Å². The highest BCUT2D eigenvalue weighted by Crippen LogP contribution is 2.00. The van der Waals surface area contributed by atoms with Gasteiger partial charge in [0, 0.05) is 17.6 Å². The van der Waals surface area contributed by atoms with Crippen LogP contribution in [0.3, 0.4) is 0 Å². The summed E-state index contributed by atoms with van der Waals surface area (Å²) in [6.45, 7) is 7.25. The Labute approximate surface area is 80.6 Å². The zero-order valence-electron chi connectivity index (χ0n) is 7.89. The molecule has 1 rings (SSSR count). The fraction of sp³-hybridized carbons (Fsp3) is 0.333. The van der Waals surface area contributed by atoms with Crippen LogP contribution in [0.25, 0.3) is 0 Å². The molecule has 0 amide bonds. The van der Waals surface area contributed by atoms with Crippen molar-refractivity contribution in [2.45, 2.75) is 19.6 Å². The molecule has 0 bridgehead atoms. The molecular weight excluding hydrogens is 192 g/mol. The Bertz CT molecular complexity index is 231. The van der Waals surface area contributed by atoms with Gasteiger partial charge in [0.05, 0.1) is 7.59 Å². The summed E-state index contributed by atoms with van der Waals surface area (Å²) in [5.74, 6) is 0. The van der Waals surface area contributed by atoms with Gasteiger partial charge in [-0.05, 0) is 0 Å². The molecule has 0 N–H and O–H groups in total. The first-order valence-corrected chi connectivity index (χ1v) is 11.7. The van der Waals surface area contributed by atoms with E-state index in [4.69, 9.17) is 0 Å².